The molecule has 0 aliphatic carbocycles. The number of rotatable bonds is 2. The van der Waals surface area contributed by atoms with Crippen molar-refractivity contribution in [1.82, 2.24) is 9.29 Å². The molecule has 0 saturated heterocycles. The summed E-state index contributed by atoms with van der Waals surface area (Å²) >= 11 is 0. The molecule has 5 nitrogen and oxygen atoms in total. The summed E-state index contributed by atoms with van der Waals surface area (Å²) in [5.74, 6) is 0. The molecular weight excluding hydrogens is 238 g/mol. The zero-order valence-corrected chi connectivity index (χ0v) is 10.4. The van der Waals surface area contributed by atoms with Crippen molar-refractivity contribution in [2.24, 2.45) is 0 Å². The van der Waals surface area contributed by atoms with Crippen LogP contribution in [0.1, 0.15) is 0 Å². The van der Waals surface area contributed by atoms with Crippen molar-refractivity contribution in [3.05, 3.63) is 30.5 Å². The van der Waals surface area contributed by atoms with E-state index >= 15 is 0 Å². The van der Waals surface area contributed by atoms with Gasteiger partial charge in [-0.15, -0.1) is 0 Å². The molecule has 2 N–H and O–H groups in total. The second-order valence-electron chi connectivity index (χ2n) is 3.87. The minimum absolute atomic E-state index is 0.217. The number of sulfonamides is 1. The molecule has 6 heteroatoms. The first kappa shape index (κ1) is 11.8. The van der Waals surface area contributed by atoms with Crippen LogP contribution in [0.2, 0.25) is 0 Å². The molecule has 0 amide bonds. The van der Waals surface area contributed by atoms with Gasteiger partial charge in [0.05, 0.1) is 10.4 Å². The fraction of sp³-hybridized carbons (Fsp3) is 0.182. The zero-order chi connectivity index (χ0) is 12.6. The van der Waals surface area contributed by atoms with Crippen LogP contribution in [-0.4, -0.2) is 31.8 Å². The zero-order valence-electron chi connectivity index (χ0n) is 9.58. The standard InChI is InChI=1S/C11H13N3O2S/c1-14(2)17(15,16)8-3-4-11-9(7-8)10(12)5-6-13-11/h3-7H,1-2H3,(H2,12,13). The summed E-state index contributed by atoms with van der Waals surface area (Å²) in [6.07, 6.45) is 1.60. The molecule has 0 aliphatic heterocycles. The van der Waals surface area contributed by atoms with Crippen molar-refractivity contribution < 1.29 is 8.42 Å². The maximum absolute atomic E-state index is 12.0. The molecule has 90 valence electrons. The van der Waals surface area contributed by atoms with Crippen LogP contribution >= 0.6 is 0 Å². The van der Waals surface area contributed by atoms with Crippen LogP contribution in [0.15, 0.2) is 35.4 Å². The Morgan fingerprint density at radius 2 is 1.94 bits per heavy atom. The molecule has 1 aromatic carbocycles. The minimum Gasteiger partial charge on any atom is -0.398 e. The van der Waals surface area contributed by atoms with Gasteiger partial charge in [-0.3, -0.25) is 4.98 Å². The van der Waals surface area contributed by atoms with Gasteiger partial charge in [0.25, 0.3) is 0 Å². The third-order valence-corrected chi connectivity index (χ3v) is 4.34. The summed E-state index contributed by atoms with van der Waals surface area (Å²) in [5, 5.41) is 0.649. The van der Waals surface area contributed by atoms with Crippen molar-refractivity contribution in [2.75, 3.05) is 19.8 Å². The van der Waals surface area contributed by atoms with E-state index in [-0.39, 0.29) is 4.90 Å². The second kappa shape index (κ2) is 3.97. The number of fused-ring (bicyclic) bond motifs is 1. The van der Waals surface area contributed by atoms with Crippen LogP contribution in [0.5, 0.6) is 0 Å². The molecule has 0 saturated carbocycles. The van der Waals surface area contributed by atoms with Crippen LogP contribution in [0.4, 0.5) is 5.69 Å². The predicted octanol–water partition coefficient (Wildman–Crippen LogP) is 1.07. The number of benzene rings is 1. The average molecular weight is 251 g/mol. The summed E-state index contributed by atoms with van der Waals surface area (Å²) < 4.78 is 25.1. The molecule has 2 aromatic rings. The molecule has 0 bridgehead atoms. The van der Waals surface area contributed by atoms with Gasteiger partial charge in [-0.2, -0.15) is 0 Å². The normalized spacial score (nSPS) is 12.2. The van der Waals surface area contributed by atoms with Crippen molar-refractivity contribution in [3.8, 4) is 0 Å². The molecule has 17 heavy (non-hydrogen) atoms. The van der Waals surface area contributed by atoms with E-state index in [0.29, 0.717) is 16.6 Å². The first-order valence-electron chi connectivity index (χ1n) is 4.99. The maximum Gasteiger partial charge on any atom is 0.242 e. The lowest BCUT2D eigenvalue weighted by Gasteiger charge is -2.12. The Bertz CT molecular complexity index is 665. The van der Waals surface area contributed by atoms with Crippen LogP contribution in [0.3, 0.4) is 0 Å². The fourth-order valence-corrected chi connectivity index (χ4v) is 2.45. The Kier molecular flexibility index (Phi) is 2.76. The van der Waals surface area contributed by atoms with Crippen molar-refractivity contribution >= 4 is 26.6 Å². The Labute approximate surface area is 99.9 Å². The number of hydrogen-bond acceptors (Lipinski definition) is 4. The van der Waals surface area contributed by atoms with Gasteiger partial charge in [0, 0.05) is 31.4 Å². The topological polar surface area (TPSA) is 76.3 Å². The molecule has 0 aliphatic rings. The number of anilines is 1. The number of hydrogen-bond donors (Lipinski definition) is 1. The first-order chi connectivity index (χ1) is 7.93. The van der Waals surface area contributed by atoms with Crippen LogP contribution in [-0.2, 0) is 10.0 Å². The molecule has 0 spiro atoms. The van der Waals surface area contributed by atoms with Gasteiger partial charge < -0.3 is 5.73 Å². The number of pyridine rings is 1. The Morgan fingerprint density at radius 1 is 1.24 bits per heavy atom. The van der Waals surface area contributed by atoms with E-state index in [1.165, 1.54) is 24.5 Å². The average Bonchev–Trinajstić information content (AvgIpc) is 2.29. The van der Waals surface area contributed by atoms with Gasteiger partial charge in [-0.25, -0.2) is 12.7 Å². The van der Waals surface area contributed by atoms with E-state index in [0.717, 1.165) is 0 Å². The van der Waals surface area contributed by atoms with Crippen molar-refractivity contribution in [1.29, 1.82) is 0 Å². The number of aromatic nitrogens is 1. The van der Waals surface area contributed by atoms with E-state index in [9.17, 15) is 8.42 Å². The van der Waals surface area contributed by atoms with Crippen LogP contribution < -0.4 is 5.73 Å². The second-order valence-corrected chi connectivity index (χ2v) is 6.02. The molecule has 2 rings (SSSR count). The fourth-order valence-electron chi connectivity index (χ4n) is 1.52. The lowest BCUT2D eigenvalue weighted by molar-refractivity contribution is 0.521. The monoisotopic (exact) mass is 251 g/mol. The lowest BCUT2D eigenvalue weighted by atomic mass is 10.2. The third-order valence-electron chi connectivity index (χ3n) is 2.53. The Balaban J connectivity index is 2.71. The van der Waals surface area contributed by atoms with Gasteiger partial charge in [-0.1, -0.05) is 0 Å². The molecule has 1 aromatic heterocycles. The summed E-state index contributed by atoms with van der Waals surface area (Å²) in [7, 11) is -0.451. The first-order valence-corrected chi connectivity index (χ1v) is 6.44. The minimum atomic E-state index is -3.44. The highest BCUT2D eigenvalue weighted by molar-refractivity contribution is 7.89. The SMILES string of the molecule is CN(C)S(=O)(=O)c1ccc2nccc(N)c2c1. The molecule has 0 radical (unpaired) electrons. The summed E-state index contributed by atoms with van der Waals surface area (Å²) in [5.41, 5.74) is 7.00. The van der Waals surface area contributed by atoms with E-state index in [2.05, 4.69) is 4.98 Å². The van der Waals surface area contributed by atoms with E-state index < -0.39 is 10.0 Å². The number of nitrogens with two attached hydrogens (primary N) is 1. The molecule has 0 unspecified atom stereocenters. The summed E-state index contributed by atoms with van der Waals surface area (Å²) in [6, 6.07) is 6.38. The number of nitrogens with zero attached hydrogens (tertiary/aromatic N) is 2. The Morgan fingerprint density at radius 3 is 2.59 bits per heavy atom. The summed E-state index contributed by atoms with van der Waals surface area (Å²) in [4.78, 5) is 4.34. The van der Waals surface area contributed by atoms with Gasteiger partial charge >= 0.3 is 0 Å². The molecule has 0 fully saturated rings. The van der Waals surface area contributed by atoms with Gasteiger partial charge in [0.2, 0.25) is 10.0 Å². The molecular formula is C11H13N3O2S. The van der Waals surface area contributed by atoms with Gasteiger partial charge in [-0.05, 0) is 24.3 Å². The molecule has 0 atom stereocenters. The quantitative estimate of drug-likeness (QED) is 0.866. The lowest BCUT2D eigenvalue weighted by Crippen LogP contribution is -2.22. The van der Waals surface area contributed by atoms with E-state index in [4.69, 9.17) is 5.73 Å². The highest BCUT2D eigenvalue weighted by atomic mass is 32.2. The van der Waals surface area contributed by atoms with Crippen molar-refractivity contribution in [3.63, 3.8) is 0 Å². The van der Waals surface area contributed by atoms with Gasteiger partial charge in [0.15, 0.2) is 0 Å². The van der Waals surface area contributed by atoms with E-state index in [1.807, 2.05) is 0 Å². The largest absolute Gasteiger partial charge is 0.398 e. The van der Waals surface area contributed by atoms with Gasteiger partial charge in [0.1, 0.15) is 0 Å². The summed E-state index contributed by atoms with van der Waals surface area (Å²) in [6.45, 7) is 0. The Hall–Kier alpha value is -1.66. The van der Waals surface area contributed by atoms with Crippen molar-refractivity contribution in [2.45, 2.75) is 4.90 Å². The van der Waals surface area contributed by atoms with Crippen LogP contribution in [0.25, 0.3) is 10.9 Å². The predicted molar refractivity (Wildman–Crippen MR) is 67.0 cm³/mol. The number of nitrogen functional groups attached to an aromatic ring is 1. The maximum atomic E-state index is 12.0. The highest BCUT2D eigenvalue weighted by Gasteiger charge is 2.17. The van der Waals surface area contributed by atoms with Crippen LogP contribution in [0, 0.1) is 0 Å². The third kappa shape index (κ3) is 1.96. The highest BCUT2D eigenvalue weighted by Crippen LogP contribution is 2.23. The molecule has 1 heterocycles. The van der Waals surface area contributed by atoms with E-state index in [1.54, 1.807) is 24.4 Å². The smallest absolute Gasteiger partial charge is 0.242 e.